The van der Waals surface area contributed by atoms with Gasteiger partial charge in [0.05, 0.1) is 15.6 Å². The van der Waals surface area contributed by atoms with Crippen LogP contribution in [0.4, 0.5) is 5.69 Å². The van der Waals surface area contributed by atoms with Gasteiger partial charge in [-0.05, 0) is 81.0 Å². The normalized spacial score (nSPS) is 10.7. The summed E-state index contributed by atoms with van der Waals surface area (Å²) in [5.41, 5.74) is 2.43. The molecule has 27 heavy (non-hydrogen) atoms. The molecule has 0 spiro atoms. The van der Waals surface area contributed by atoms with E-state index in [1.54, 1.807) is 21.7 Å². The molecule has 0 radical (unpaired) electrons. The summed E-state index contributed by atoms with van der Waals surface area (Å²) in [5.74, 6) is 0.563. The van der Waals surface area contributed by atoms with Crippen LogP contribution in [0.5, 0.6) is 0 Å². The second-order valence-electron chi connectivity index (χ2n) is 5.72. The lowest BCUT2D eigenvalue weighted by molar-refractivity contribution is -0.734. The Morgan fingerprint density at radius 3 is 2.22 bits per heavy atom. The fraction of sp³-hybridized carbons (Fsp3) is 0. The van der Waals surface area contributed by atoms with Crippen LogP contribution in [-0.2, 0) is 0 Å². The third-order valence-corrected chi connectivity index (χ3v) is 4.66. The molecule has 0 N–H and O–H groups in total. The van der Waals surface area contributed by atoms with Crippen molar-refractivity contribution in [3.05, 3.63) is 92.5 Å². The van der Waals surface area contributed by atoms with E-state index >= 15 is 0 Å². The Morgan fingerprint density at radius 1 is 0.926 bits per heavy atom. The molecule has 8 heteroatoms. The van der Waals surface area contributed by atoms with E-state index in [0.29, 0.717) is 11.5 Å². The molecule has 7 nitrogen and oxygen atoms in total. The van der Waals surface area contributed by atoms with Crippen LogP contribution in [0.1, 0.15) is 0 Å². The second kappa shape index (κ2) is 7.23. The maximum atomic E-state index is 10.9. The first-order chi connectivity index (χ1) is 13.1. The fourth-order valence-electron chi connectivity index (χ4n) is 2.60. The standard InChI is InChI=1S/C19H13IN5O2/c20-15-6-8-16(9-7-15)23-21-19(14-4-2-1-3-5-14)22-24(23)17-10-12-18(13-11-17)25(26)27/h1-13H/q+1. The zero-order valence-corrected chi connectivity index (χ0v) is 16.1. The van der Waals surface area contributed by atoms with Crippen molar-refractivity contribution in [2.24, 2.45) is 0 Å². The first kappa shape index (κ1) is 17.3. The number of hydrogen-bond acceptors (Lipinski definition) is 4. The molecule has 0 unspecified atom stereocenters. The van der Waals surface area contributed by atoms with Crippen LogP contribution in [0.2, 0.25) is 0 Å². The number of nitrogens with zero attached hydrogens (tertiary/aromatic N) is 5. The van der Waals surface area contributed by atoms with Crippen molar-refractivity contribution >= 4 is 28.3 Å². The Morgan fingerprint density at radius 2 is 1.59 bits per heavy atom. The lowest BCUT2D eigenvalue weighted by atomic mass is 10.2. The first-order valence-corrected chi connectivity index (χ1v) is 9.15. The van der Waals surface area contributed by atoms with Crippen LogP contribution in [-0.4, -0.2) is 19.9 Å². The molecule has 1 aromatic heterocycles. The van der Waals surface area contributed by atoms with Gasteiger partial charge in [-0.2, -0.15) is 0 Å². The van der Waals surface area contributed by atoms with E-state index in [-0.39, 0.29) is 5.69 Å². The number of aromatic nitrogens is 4. The summed E-state index contributed by atoms with van der Waals surface area (Å²) in [5, 5.41) is 20.2. The van der Waals surface area contributed by atoms with Gasteiger partial charge in [-0.15, -0.1) is 0 Å². The van der Waals surface area contributed by atoms with Crippen LogP contribution in [0.3, 0.4) is 0 Å². The molecular weight excluding hydrogens is 457 g/mol. The molecule has 0 aliphatic heterocycles. The number of rotatable bonds is 4. The smallest absolute Gasteiger partial charge is 0.258 e. The fourth-order valence-corrected chi connectivity index (χ4v) is 2.96. The number of non-ortho nitro benzene ring substituents is 1. The molecule has 0 atom stereocenters. The second-order valence-corrected chi connectivity index (χ2v) is 6.96. The monoisotopic (exact) mass is 470 g/mol. The predicted molar refractivity (Wildman–Crippen MR) is 108 cm³/mol. The molecule has 0 aliphatic rings. The lowest BCUT2D eigenvalue weighted by Crippen LogP contribution is -2.43. The number of hydrogen-bond donors (Lipinski definition) is 0. The number of tetrazole rings is 1. The molecular formula is C19H13IN5O2+. The van der Waals surface area contributed by atoms with E-state index in [1.807, 2.05) is 54.6 Å². The number of halogens is 1. The molecule has 0 bridgehead atoms. The Hall–Kier alpha value is -3.14. The summed E-state index contributed by atoms with van der Waals surface area (Å²) in [4.78, 5) is 13.8. The van der Waals surface area contributed by atoms with Crippen molar-refractivity contribution in [1.29, 1.82) is 0 Å². The van der Waals surface area contributed by atoms with Crippen molar-refractivity contribution in [2.75, 3.05) is 0 Å². The minimum absolute atomic E-state index is 0.0305. The molecule has 0 aliphatic carbocycles. The van der Waals surface area contributed by atoms with Gasteiger partial charge in [-0.1, -0.05) is 18.2 Å². The molecule has 4 aromatic rings. The van der Waals surface area contributed by atoms with Crippen LogP contribution < -0.4 is 4.80 Å². The van der Waals surface area contributed by atoms with Crippen LogP contribution in [0.25, 0.3) is 22.8 Å². The maximum absolute atomic E-state index is 10.9. The Kier molecular flexibility index (Phi) is 4.63. The zero-order chi connectivity index (χ0) is 18.8. The highest BCUT2D eigenvalue weighted by Crippen LogP contribution is 2.17. The van der Waals surface area contributed by atoms with Gasteiger partial charge in [0, 0.05) is 20.5 Å². The van der Waals surface area contributed by atoms with E-state index in [9.17, 15) is 10.1 Å². The predicted octanol–water partition coefficient (Wildman–Crippen LogP) is 3.72. The van der Waals surface area contributed by atoms with E-state index in [0.717, 1.165) is 14.8 Å². The molecule has 0 saturated heterocycles. The molecule has 0 saturated carbocycles. The number of nitro groups is 1. The largest absolute Gasteiger partial charge is 0.340 e. The molecule has 132 valence electrons. The minimum Gasteiger partial charge on any atom is -0.258 e. The minimum atomic E-state index is -0.423. The van der Waals surface area contributed by atoms with Crippen molar-refractivity contribution < 1.29 is 9.72 Å². The highest BCUT2D eigenvalue weighted by atomic mass is 127. The maximum Gasteiger partial charge on any atom is 0.340 e. The zero-order valence-electron chi connectivity index (χ0n) is 13.9. The molecule has 3 aromatic carbocycles. The van der Waals surface area contributed by atoms with Crippen molar-refractivity contribution in [3.8, 4) is 22.8 Å². The Bertz CT molecular complexity index is 1090. The topological polar surface area (TPSA) is 77.7 Å². The highest BCUT2D eigenvalue weighted by molar-refractivity contribution is 14.1. The summed E-state index contributed by atoms with van der Waals surface area (Å²) < 4.78 is 1.11. The van der Waals surface area contributed by atoms with Gasteiger partial charge in [0.2, 0.25) is 0 Å². The molecule has 1 heterocycles. The summed E-state index contributed by atoms with van der Waals surface area (Å²) in [7, 11) is 0. The van der Waals surface area contributed by atoms with Crippen LogP contribution in [0.15, 0.2) is 78.9 Å². The van der Waals surface area contributed by atoms with E-state index in [1.165, 1.54) is 12.1 Å². The third-order valence-electron chi connectivity index (χ3n) is 3.94. The van der Waals surface area contributed by atoms with E-state index in [2.05, 4.69) is 32.8 Å². The Labute approximate surface area is 168 Å². The quantitative estimate of drug-likeness (QED) is 0.197. The number of nitro benzene ring substituents is 1. The summed E-state index contributed by atoms with van der Waals surface area (Å²) in [6.07, 6.45) is 0. The van der Waals surface area contributed by atoms with Gasteiger partial charge < -0.3 is 0 Å². The van der Waals surface area contributed by atoms with Crippen LogP contribution >= 0.6 is 22.6 Å². The third kappa shape index (κ3) is 3.56. The number of benzene rings is 3. The molecule has 0 fully saturated rings. The average Bonchev–Trinajstić information content (AvgIpc) is 3.15. The van der Waals surface area contributed by atoms with Crippen molar-refractivity contribution in [1.82, 2.24) is 15.0 Å². The molecule has 4 rings (SSSR count). The van der Waals surface area contributed by atoms with Crippen LogP contribution in [0, 0.1) is 13.7 Å². The van der Waals surface area contributed by atoms with Crippen molar-refractivity contribution in [2.45, 2.75) is 0 Å². The van der Waals surface area contributed by atoms with Gasteiger partial charge in [0.25, 0.3) is 5.69 Å². The SMILES string of the molecule is O=[N+]([O-])c1ccc(-[n+]2nc(-c3ccccc3)nn2-c2ccc(I)cc2)cc1. The summed E-state index contributed by atoms with van der Waals surface area (Å²) in [6, 6.07) is 23.8. The highest BCUT2D eigenvalue weighted by Gasteiger charge is 2.23. The lowest BCUT2D eigenvalue weighted by Gasteiger charge is -2.00. The van der Waals surface area contributed by atoms with Gasteiger partial charge >= 0.3 is 5.82 Å². The average molecular weight is 470 g/mol. The van der Waals surface area contributed by atoms with Gasteiger partial charge in [-0.25, -0.2) is 0 Å². The van der Waals surface area contributed by atoms with E-state index in [4.69, 9.17) is 0 Å². The van der Waals surface area contributed by atoms with E-state index < -0.39 is 4.92 Å². The Balaban J connectivity index is 1.86. The van der Waals surface area contributed by atoms with Gasteiger partial charge in [0.15, 0.2) is 5.69 Å². The van der Waals surface area contributed by atoms with Gasteiger partial charge in [-0.3, -0.25) is 10.1 Å². The van der Waals surface area contributed by atoms with Crippen molar-refractivity contribution in [3.63, 3.8) is 0 Å². The molecule has 0 amide bonds. The first-order valence-electron chi connectivity index (χ1n) is 8.08. The summed E-state index contributed by atoms with van der Waals surface area (Å²) in [6.45, 7) is 0. The van der Waals surface area contributed by atoms with Gasteiger partial charge in [0.1, 0.15) is 5.69 Å². The summed E-state index contributed by atoms with van der Waals surface area (Å²) >= 11 is 2.24.